The molecule has 0 amide bonds. The summed E-state index contributed by atoms with van der Waals surface area (Å²) in [6.07, 6.45) is 0. The number of rotatable bonds is 3. The Morgan fingerprint density at radius 3 is 2.61 bits per heavy atom. The van der Waals surface area contributed by atoms with Gasteiger partial charge >= 0.3 is 0 Å². The SMILES string of the molecule is Cc1ccc(C(C)Nc2cccc(I)c2)cc1F. The summed E-state index contributed by atoms with van der Waals surface area (Å²) in [5, 5.41) is 3.37. The fourth-order valence-electron chi connectivity index (χ4n) is 1.79. The Kier molecular flexibility index (Phi) is 4.22. The van der Waals surface area contributed by atoms with Crippen molar-refractivity contribution >= 4 is 28.3 Å². The van der Waals surface area contributed by atoms with Crippen molar-refractivity contribution in [3.05, 3.63) is 63.0 Å². The third-order valence-electron chi connectivity index (χ3n) is 2.90. The molecule has 0 aromatic heterocycles. The fraction of sp³-hybridized carbons (Fsp3) is 0.200. The monoisotopic (exact) mass is 355 g/mol. The minimum Gasteiger partial charge on any atom is -0.378 e. The normalized spacial score (nSPS) is 12.2. The maximum atomic E-state index is 13.5. The first-order valence-corrected chi connectivity index (χ1v) is 6.92. The predicted molar refractivity (Wildman–Crippen MR) is 82.3 cm³/mol. The Labute approximate surface area is 121 Å². The molecule has 0 saturated heterocycles. The molecular weight excluding hydrogens is 340 g/mol. The second-order valence-corrected chi connectivity index (χ2v) is 5.63. The van der Waals surface area contributed by atoms with Gasteiger partial charge in [-0.2, -0.15) is 0 Å². The molecule has 1 unspecified atom stereocenters. The third-order valence-corrected chi connectivity index (χ3v) is 3.57. The lowest BCUT2D eigenvalue weighted by Crippen LogP contribution is -2.07. The van der Waals surface area contributed by atoms with Crippen LogP contribution in [0.5, 0.6) is 0 Å². The Morgan fingerprint density at radius 1 is 1.17 bits per heavy atom. The Balaban J connectivity index is 2.16. The van der Waals surface area contributed by atoms with E-state index in [1.807, 2.05) is 37.3 Å². The molecule has 0 spiro atoms. The minimum atomic E-state index is -0.149. The van der Waals surface area contributed by atoms with Crippen LogP contribution in [0.15, 0.2) is 42.5 Å². The summed E-state index contributed by atoms with van der Waals surface area (Å²) in [4.78, 5) is 0. The molecule has 1 nitrogen and oxygen atoms in total. The molecule has 0 radical (unpaired) electrons. The van der Waals surface area contributed by atoms with Gasteiger partial charge < -0.3 is 5.32 Å². The molecule has 0 aliphatic carbocycles. The second kappa shape index (κ2) is 5.69. The summed E-state index contributed by atoms with van der Waals surface area (Å²) in [5.41, 5.74) is 2.69. The number of nitrogens with one attached hydrogen (secondary N) is 1. The lowest BCUT2D eigenvalue weighted by Gasteiger charge is -2.16. The van der Waals surface area contributed by atoms with Gasteiger partial charge in [0.2, 0.25) is 0 Å². The van der Waals surface area contributed by atoms with E-state index in [0.717, 1.165) is 11.3 Å². The maximum Gasteiger partial charge on any atom is 0.126 e. The van der Waals surface area contributed by atoms with E-state index in [1.165, 1.54) is 3.57 Å². The van der Waals surface area contributed by atoms with Crippen LogP contribution < -0.4 is 5.32 Å². The molecule has 3 heteroatoms. The molecule has 0 saturated carbocycles. The molecule has 2 aromatic rings. The van der Waals surface area contributed by atoms with Crippen molar-refractivity contribution < 1.29 is 4.39 Å². The van der Waals surface area contributed by atoms with E-state index in [2.05, 4.69) is 34.0 Å². The van der Waals surface area contributed by atoms with Crippen molar-refractivity contribution in [2.75, 3.05) is 5.32 Å². The van der Waals surface area contributed by atoms with Crippen LogP contribution in [0, 0.1) is 16.3 Å². The zero-order valence-corrected chi connectivity index (χ0v) is 12.5. The lowest BCUT2D eigenvalue weighted by atomic mass is 10.1. The van der Waals surface area contributed by atoms with E-state index in [9.17, 15) is 4.39 Å². The molecule has 18 heavy (non-hydrogen) atoms. The first kappa shape index (κ1) is 13.3. The summed E-state index contributed by atoms with van der Waals surface area (Å²) >= 11 is 2.28. The smallest absolute Gasteiger partial charge is 0.126 e. The highest BCUT2D eigenvalue weighted by Gasteiger charge is 2.07. The Bertz CT molecular complexity index is 554. The molecule has 0 aliphatic rings. The van der Waals surface area contributed by atoms with Crippen molar-refractivity contribution in [3.8, 4) is 0 Å². The molecule has 1 atom stereocenters. The van der Waals surface area contributed by atoms with Gasteiger partial charge in [-0.3, -0.25) is 0 Å². The Hall–Kier alpha value is -1.10. The van der Waals surface area contributed by atoms with E-state index < -0.39 is 0 Å². The molecule has 0 heterocycles. The van der Waals surface area contributed by atoms with Crippen molar-refractivity contribution in [2.45, 2.75) is 19.9 Å². The van der Waals surface area contributed by atoms with Gasteiger partial charge in [0.1, 0.15) is 5.82 Å². The summed E-state index contributed by atoms with van der Waals surface area (Å²) in [6.45, 7) is 3.81. The van der Waals surface area contributed by atoms with Crippen LogP contribution in [0.25, 0.3) is 0 Å². The van der Waals surface area contributed by atoms with Crippen LogP contribution in [0.4, 0.5) is 10.1 Å². The predicted octanol–water partition coefficient (Wildman–Crippen LogP) is 4.91. The molecule has 1 N–H and O–H groups in total. The highest BCUT2D eigenvalue weighted by Crippen LogP contribution is 2.22. The summed E-state index contributed by atoms with van der Waals surface area (Å²) < 4.78 is 14.7. The standard InChI is InChI=1S/C15H15FIN/c1-10-6-7-12(8-15(10)16)11(2)18-14-5-3-4-13(17)9-14/h3-9,11,18H,1-2H3. The van der Waals surface area contributed by atoms with E-state index in [4.69, 9.17) is 0 Å². The third kappa shape index (κ3) is 3.22. The quantitative estimate of drug-likeness (QED) is 0.772. The first-order chi connectivity index (χ1) is 8.56. The van der Waals surface area contributed by atoms with Crippen LogP contribution >= 0.6 is 22.6 Å². The van der Waals surface area contributed by atoms with Crippen LogP contribution in [0.1, 0.15) is 24.1 Å². The number of halogens is 2. The van der Waals surface area contributed by atoms with Crippen molar-refractivity contribution in [3.63, 3.8) is 0 Å². The molecular formula is C15H15FIN. The van der Waals surface area contributed by atoms with Crippen LogP contribution in [0.3, 0.4) is 0 Å². The maximum absolute atomic E-state index is 13.5. The topological polar surface area (TPSA) is 12.0 Å². The fourth-order valence-corrected chi connectivity index (χ4v) is 2.33. The van der Waals surface area contributed by atoms with Crippen molar-refractivity contribution in [1.82, 2.24) is 0 Å². The molecule has 94 valence electrons. The zero-order chi connectivity index (χ0) is 13.1. The number of hydrogen-bond acceptors (Lipinski definition) is 1. The summed E-state index contributed by atoms with van der Waals surface area (Å²) in [6, 6.07) is 13.6. The van der Waals surface area contributed by atoms with E-state index in [0.29, 0.717) is 5.56 Å². The van der Waals surface area contributed by atoms with Crippen LogP contribution in [0.2, 0.25) is 0 Å². The number of anilines is 1. The molecule has 0 aliphatic heterocycles. The van der Waals surface area contributed by atoms with E-state index >= 15 is 0 Å². The average molecular weight is 355 g/mol. The number of benzene rings is 2. The average Bonchev–Trinajstić information content (AvgIpc) is 2.32. The highest BCUT2D eigenvalue weighted by molar-refractivity contribution is 14.1. The second-order valence-electron chi connectivity index (χ2n) is 4.38. The number of aryl methyl sites for hydroxylation is 1. The van der Waals surface area contributed by atoms with Crippen LogP contribution in [-0.4, -0.2) is 0 Å². The Morgan fingerprint density at radius 2 is 1.94 bits per heavy atom. The molecule has 2 aromatic carbocycles. The first-order valence-electron chi connectivity index (χ1n) is 5.84. The van der Waals surface area contributed by atoms with Gasteiger partial charge in [0.15, 0.2) is 0 Å². The largest absolute Gasteiger partial charge is 0.378 e. The summed E-state index contributed by atoms with van der Waals surface area (Å²) in [5.74, 6) is -0.149. The van der Waals surface area contributed by atoms with Gasteiger partial charge in [0, 0.05) is 15.3 Å². The van der Waals surface area contributed by atoms with Gasteiger partial charge in [-0.25, -0.2) is 4.39 Å². The molecule has 2 rings (SSSR count). The zero-order valence-electron chi connectivity index (χ0n) is 10.4. The minimum absolute atomic E-state index is 0.0818. The molecule has 0 bridgehead atoms. The molecule has 0 fully saturated rings. The lowest BCUT2D eigenvalue weighted by molar-refractivity contribution is 0.614. The summed E-state index contributed by atoms with van der Waals surface area (Å²) in [7, 11) is 0. The van der Waals surface area contributed by atoms with E-state index in [1.54, 1.807) is 13.0 Å². The number of hydrogen-bond donors (Lipinski definition) is 1. The van der Waals surface area contributed by atoms with Gasteiger partial charge in [-0.05, 0) is 71.8 Å². The van der Waals surface area contributed by atoms with Crippen molar-refractivity contribution in [2.24, 2.45) is 0 Å². The van der Waals surface area contributed by atoms with Gasteiger partial charge in [-0.15, -0.1) is 0 Å². The van der Waals surface area contributed by atoms with Gasteiger partial charge in [-0.1, -0.05) is 18.2 Å². The van der Waals surface area contributed by atoms with Gasteiger partial charge in [0.05, 0.1) is 0 Å². The van der Waals surface area contributed by atoms with Gasteiger partial charge in [0.25, 0.3) is 0 Å². The van der Waals surface area contributed by atoms with E-state index in [-0.39, 0.29) is 11.9 Å². The van der Waals surface area contributed by atoms with Crippen molar-refractivity contribution in [1.29, 1.82) is 0 Å². The van der Waals surface area contributed by atoms with Crippen LogP contribution in [-0.2, 0) is 0 Å². The highest BCUT2D eigenvalue weighted by atomic mass is 127.